The zero-order valence-corrected chi connectivity index (χ0v) is 24.9. The van der Waals surface area contributed by atoms with Crippen LogP contribution in [0.25, 0.3) is 10.1 Å². The van der Waals surface area contributed by atoms with Gasteiger partial charge in [-0.2, -0.15) is 0 Å². The van der Waals surface area contributed by atoms with Crippen molar-refractivity contribution in [3.05, 3.63) is 112 Å². The molecular formula is C35H30N2O6S. The molecule has 3 aliphatic heterocycles. The van der Waals surface area contributed by atoms with Crippen molar-refractivity contribution in [1.29, 1.82) is 0 Å². The molecule has 4 aromatic carbocycles. The number of carbonyl (C=O) groups is 2. The van der Waals surface area contributed by atoms with Gasteiger partial charge in [-0.25, -0.2) is 0 Å². The summed E-state index contributed by atoms with van der Waals surface area (Å²) in [5, 5.41) is 14.2. The summed E-state index contributed by atoms with van der Waals surface area (Å²) in [6.07, 6.45) is 1.17. The van der Waals surface area contributed by atoms with Gasteiger partial charge in [0.1, 0.15) is 17.2 Å². The maximum Gasteiger partial charge on any atom is 0.264 e. The molecule has 8 nitrogen and oxygen atoms in total. The first-order chi connectivity index (χ1) is 21.5. The van der Waals surface area contributed by atoms with Crippen LogP contribution in [0.2, 0.25) is 0 Å². The van der Waals surface area contributed by atoms with Crippen molar-refractivity contribution in [2.75, 3.05) is 26.8 Å². The highest BCUT2D eigenvalue weighted by Crippen LogP contribution is 2.42. The van der Waals surface area contributed by atoms with Gasteiger partial charge in [0.05, 0.1) is 30.2 Å². The number of rotatable bonds is 2. The fourth-order valence-corrected chi connectivity index (χ4v) is 6.92. The smallest absolute Gasteiger partial charge is 0.264 e. The number of phenolic OH excluding ortho intramolecular Hbond substituents is 1. The van der Waals surface area contributed by atoms with Gasteiger partial charge in [-0.15, -0.1) is 11.3 Å². The third kappa shape index (κ3) is 5.20. The molecule has 2 amide bonds. The summed E-state index contributed by atoms with van der Waals surface area (Å²) in [6.45, 7) is 1.18. The van der Waals surface area contributed by atoms with Crippen molar-refractivity contribution in [1.82, 2.24) is 10.2 Å². The lowest BCUT2D eigenvalue weighted by Crippen LogP contribution is -2.40. The van der Waals surface area contributed by atoms with E-state index >= 15 is 0 Å². The molecule has 8 rings (SSSR count). The van der Waals surface area contributed by atoms with E-state index in [0.717, 1.165) is 26.8 Å². The molecule has 0 radical (unpaired) electrons. The minimum absolute atomic E-state index is 0.0185. The van der Waals surface area contributed by atoms with Crippen LogP contribution in [-0.4, -0.2) is 48.6 Å². The van der Waals surface area contributed by atoms with E-state index in [4.69, 9.17) is 14.2 Å². The molecule has 0 aliphatic carbocycles. The van der Waals surface area contributed by atoms with Crippen LogP contribution in [-0.2, 0) is 6.42 Å². The van der Waals surface area contributed by atoms with Crippen molar-refractivity contribution in [3.8, 4) is 28.7 Å². The second-order valence-electron chi connectivity index (χ2n) is 10.8. The lowest BCUT2D eigenvalue weighted by Gasteiger charge is -2.38. The number of aromatic hydroxyl groups is 1. The Balaban J connectivity index is 1.33. The largest absolute Gasteiger partial charge is 0.507 e. The minimum Gasteiger partial charge on any atom is -0.507 e. The monoisotopic (exact) mass is 606 g/mol. The zero-order valence-electron chi connectivity index (χ0n) is 24.0. The summed E-state index contributed by atoms with van der Waals surface area (Å²) in [6, 6.07) is 25.9. The second-order valence-corrected chi connectivity index (χ2v) is 11.9. The van der Waals surface area contributed by atoms with Crippen molar-refractivity contribution >= 4 is 33.2 Å². The predicted molar refractivity (Wildman–Crippen MR) is 168 cm³/mol. The van der Waals surface area contributed by atoms with E-state index in [1.165, 1.54) is 23.5 Å². The Hall–Kier alpha value is -5.02. The highest BCUT2D eigenvalue weighted by molar-refractivity contribution is 7.20. The van der Waals surface area contributed by atoms with Crippen LogP contribution in [0.3, 0.4) is 0 Å². The molecule has 1 atom stereocenters. The molecule has 9 heteroatoms. The number of hydrogen-bond acceptors (Lipinski definition) is 7. The van der Waals surface area contributed by atoms with Crippen LogP contribution in [0.4, 0.5) is 0 Å². The molecule has 44 heavy (non-hydrogen) atoms. The third-order valence-electron chi connectivity index (χ3n) is 8.06. The molecule has 4 heterocycles. The van der Waals surface area contributed by atoms with E-state index in [1.54, 1.807) is 13.2 Å². The maximum absolute atomic E-state index is 14.2. The van der Waals surface area contributed by atoms with Crippen molar-refractivity contribution < 1.29 is 28.9 Å². The topological polar surface area (TPSA) is 97.3 Å². The molecule has 0 spiro atoms. The Morgan fingerprint density at radius 1 is 1.02 bits per heavy atom. The number of ether oxygens (including phenoxy) is 3. The Morgan fingerprint density at radius 3 is 2.73 bits per heavy atom. The van der Waals surface area contributed by atoms with Crippen LogP contribution < -0.4 is 19.5 Å². The quantitative estimate of drug-likeness (QED) is 0.232. The van der Waals surface area contributed by atoms with Crippen molar-refractivity contribution in [3.63, 3.8) is 0 Å². The van der Waals surface area contributed by atoms with Gasteiger partial charge in [-0.3, -0.25) is 9.59 Å². The highest BCUT2D eigenvalue weighted by Gasteiger charge is 2.34. The van der Waals surface area contributed by atoms with E-state index in [-0.39, 0.29) is 23.3 Å². The lowest BCUT2D eigenvalue weighted by atomic mass is 9.87. The number of benzene rings is 4. The number of carbonyl (C=O) groups excluding carboxylic acids is 2. The molecule has 2 N–H and O–H groups in total. The first-order valence-corrected chi connectivity index (χ1v) is 15.3. The van der Waals surface area contributed by atoms with E-state index in [9.17, 15) is 14.7 Å². The number of hydrogen-bond donors (Lipinski definition) is 2. The Morgan fingerprint density at radius 2 is 1.86 bits per heavy atom. The Kier molecular flexibility index (Phi) is 7.31. The molecule has 0 saturated carbocycles. The molecule has 0 saturated heterocycles. The maximum atomic E-state index is 14.2. The highest BCUT2D eigenvalue weighted by atomic mass is 32.1. The summed E-state index contributed by atoms with van der Waals surface area (Å²) in [5.41, 5.74) is 3.10. The van der Waals surface area contributed by atoms with Crippen LogP contribution in [0.5, 0.6) is 28.7 Å². The van der Waals surface area contributed by atoms with Gasteiger partial charge in [-0.1, -0.05) is 30.3 Å². The van der Waals surface area contributed by atoms with Gasteiger partial charge in [0.2, 0.25) is 0 Å². The summed E-state index contributed by atoms with van der Waals surface area (Å²) in [4.78, 5) is 29.6. The number of methoxy groups -OCH3 is 1. The summed E-state index contributed by atoms with van der Waals surface area (Å²) in [7, 11) is 1.59. The lowest BCUT2D eigenvalue weighted by molar-refractivity contribution is 0.0699. The van der Waals surface area contributed by atoms with E-state index in [1.807, 2.05) is 71.6 Å². The van der Waals surface area contributed by atoms with Crippen molar-refractivity contribution in [2.24, 2.45) is 0 Å². The third-order valence-corrected chi connectivity index (χ3v) is 9.16. The Bertz CT molecular complexity index is 1870. The predicted octanol–water partition coefficient (Wildman–Crippen LogP) is 6.71. The van der Waals surface area contributed by atoms with Gasteiger partial charge in [0, 0.05) is 17.8 Å². The van der Waals surface area contributed by atoms with E-state index in [0.29, 0.717) is 60.4 Å². The molecule has 3 aliphatic rings. The van der Waals surface area contributed by atoms with Gasteiger partial charge in [0.25, 0.3) is 11.8 Å². The average molecular weight is 607 g/mol. The first kappa shape index (κ1) is 27.8. The van der Waals surface area contributed by atoms with Gasteiger partial charge < -0.3 is 29.5 Å². The zero-order chi connectivity index (χ0) is 30.2. The number of thiophene rings is 1. The summed E-state index contributed by atoms with van der Waals surface area (Å²) >= 11 is 1.51. The van der Waals surface area contributed by atoms with Crippen molar-refractivity contribution in [2.45, 2.75) is 18.9 Å². The average Bonchev–Trinajstić information content (AvgIpc) is 3.48. The number of amides is 2. The van der Waals surface area contributed by atoms with Crippen LogP contribution in [0.15, 0.2) is 84.9 Å². The second kappa shape index (κ2) is 11.6. The molecule has 5 aromatic rings. The molecule has 8 bridgehead atoms. The summed E-state index contributed by atoms with van der Waals surface area (Å²) < 4.78 is 19.0. The number of phenols is 1. The molecule has 222 valence electrons. The van der Waals surface area contributed by atoms with E-state index < -0.39 is 5.91 Å². The fourth-order valence-electron chi connectivity index (χ4n) is 5.90. The SMILES string of the molecule is COc1ccc2cc1OCCCNC(=O)c1cc(ccc1O)Oc1ccc3c(c1)CCN(C(=O)c1cc4ccccc4s1)C23. The van der Waals surface area contributed by atoms with Gasteiger partial charge in [0.15, 0.2) is 11.5 Å². The van der Waals surface area contributed by atoms with E-state index in [2.05, 4.69) is 5.32 Å². The van der Waals surface area contributed by atoms with Gasteiger partial charge >= 0.3 is 0 Å². The molecule has 1 unspecified atom stereocenters. The fraction of sp³-hybridized carbons (Fsp3) is 0.200. The standard InChI is InChI=1S/C35H30N2O6S/c1-41-29-12-7-23-18-30(29)42-16-4-14-36-34(39)27-20-25(9-11-28(27)38)43-24-8-10-26-21(17-24)13-15-37(33(23)26)35(40)32-19-22-5-2-3-6-31(22)44-32/h2-3,5-12,17-20,33,38H,4,13-16H2,1H3,(H,36,39). The van der Waals surface area contributed by atoms with Crippen LogP contribution >= 0.6 is 11.3 Å². The van der Waals surface area contributed by atoms with Crippen LogP contribution in [0.1, 0.15) is 49.2 Å². The molecular weight excluding hydrogens is 576 g/mol. The molecule has 1 aromatic heterocycles. The first-order valence-electron chi connectivity index (χ1n) is 14.5. The van der Waals surface area contributed by atoms with Crippen LogP contribution in [0, 0.1) is 0 Å². The minimum atomic E-state index is -0.398. The number of nitrogens with zero attached hydrogens (tertiary/aromatic N) is 1. The molecule has 0 fully saturated rings. The number of nitrogens with one attached hydrogen (secondary N) is 1. The normalized spacial score (nSPS) is 16.3. The summed E-state index contributed by atoms with van der Waals surface area (Å²) in [5.74, 6) is 1.63. The van der Waals surface area contributed by atoms with Gasteiger partial charge in [-0.05, 0) is 89.5 Å². The number of fused-ring (bicyclic) bond motifs is 7. The Labute approximate surface area is 258 Å².